The number of nitrogens with one attached hydrogen (secondary N) is 1. The van der Waals surface area contributed by atoms with Crippen LogP contribution in [0.15, 0.2) is 0 Å². The van der Waals surface area contributed by atoms with Crippen molar-refractivity contribution in [2.24, 2.45) is 11.3 Å². The van der Waals surface area contributed by atoms with Gasteiger partial charge >= 0.3 is 0 Å². The maximum atomic E-state index is 12.6. The standard InChI is InChI=1S/C17H32N2O2.ClH/c1-5-21-15-11-14(17(15)9-7-6-8-10-17)19(4)16(20)13(2)12-18-3;/h13-15,18H,5-12H2,1-4H3;1H. The number of halogens is 1. The summed E-state index contributed by atoms with van der Waals surface area (Å²) in [6, 6.07) is 0.376. The number of nitrogens with zero attached hydrogens (tertiary/aromatic N) is 1. The van der Waals surface area contributed by atoms with Gasteiger partial charge < -0.3 is 15.0 Å². The first-order chi connectivity index (χ1) is 10.1. The smallest absolute Gasteiger partial charge is 0.226 e. The fourth-order valence-electron chi connectivity index (χ4n) is 4.47. The Morgan fingerprint density at radius 1 is 1.36 bits per heavy atom. The fraction of sp³-hybridized carbons (Fsp3) is 0.941. The van der Waals surface area contributed by atoms with Crippen molar-refractivity contribution in [3.63, 3.8) is 0 Å². The molecule has 0 aromatic heterocycles. The molecule has 2 fully saturated rings. The van der Waals surface area contributed by atoms with Crippen molar-refractivity contribution in [1.29, 1.82) is 0 Å². The van der Waals surface area contributed by atoms with Gasteiger partial charge in [0.1, 0.15) is 0 Å². The van der Waals surface area contributed by atoms with E-state index in [4.69, 9.17) is 4.74 Å². The molecule has 2 rings (SSSR count). The maximum Gasteiger partial charge on any atom is 0.226 e. The minimum Gasteiger partial charge on any atom is -0.378 e. The molecule has 0 radical (unpaired) electrons. The zero-order valence-electron chi connectivity index (χ0n) is 14.6. The minimum absolute atomic E-state index is 0. The molecule has 130 valence electrons. The Labute approximate surface area is 141 Å². The average Bonchev–Trinajstić information content (AvgIpc) is 2.50. The summed E-state index contributed by atoms with van der Waals surface area (Å²) in [4.78, 5) is 14.6. The molecule has 3 unspecified atom stereocenters. The van der Waals surface area contributed by atoms with Crippen LogP contribution in [-0.4, -0.2) is 50.2 Å². The van der Waals surface area contributed by atoms with Crippen LogP contribution >= 0.6 is 12.4 Å². The van der Waals surface area contributed by atoms with E-state index >= 15 is 0 Å². The van der Waals surface area contributed by atoms with Gasteiger partial charge in [0.2, 0.25) is 5.91 Å². The van der Waals surface area contributed by atoms with Gasteiger partial charge in [-0.05, 0) is 33.2 Å². The Kier molecular flexibility index (Phi) is 7.63. The van der Waals surface area contributed by atoms with Crippen LogP contribution < -0.4 is 5.32 Å². The molecule has 5 heteroatoms. The predicted octanol–water partition coefficient (Wildman–Crippen LogP) is 2.85. The van der Waals surface area contributed by atoms with E-state index < -0.39 is 0 Å². The summed E-state index contributed by atoms with van der Waals surface area (Å²) in [5.74, 6) is 0.320. The normalized spacial score (nSPS) is 27.6. The maximum absolute atomic E-state index is 12.6. The van der Waals surface area contributed by atoms with Crippen molar-refractivity contribution in [3.8, 4) is 0 Å². The second-order valence-electron chi connectivity index (χ2n) is 6.90. The summed E-state index contributed by atoms with van der Waals surface area (Å²) in [6.45, 7) is 5.63. The van der Waals surface area contributed by atoms with E-state index in [1.807, 2.05) is 25.9 Å². The molecule has 2 aliphatic carbocycles. The van der Waals surface area contributed by atoms with E-state index in [0.29, 0.717) is 12.1 Å². The number of hydrogen-bond acceptors (Lipinski definition) is 3. The lowest BCUT2D eigenvalue weighted by atomic mass is 9.54. The molecule has 1 N–H and O–H groups in total. The molecule has 1 spiro atoms. The van der Waals surface area contributed by atoms with Gasteiger partial charge in [-0.1, -0.05) is 26.2 Å². The van der Waals surface area contributed by atoms with Crippen LogP contribution in [0.2, 0.25) is 0 Å². The van der Waals surface area contributed by atoms with E-state index in [1.54, 1.807) is 0 Å². The number of hydrogen-bond donors (Lipinski definition) is 1. The van der Waals surface area contributed by atoms with Crippen LogP contribution in [0.1, 0.15) is 52.4 Å². The van der Waals surface area contributed by atoms with Gasteiger partial charge in [-0.25, -0.2) is 0 Å². The number of rotatable bonds is 6. The highest BCUT2D eigenvalue weighted by Gasteiger charge is 2.57. The zero-order valence-corrected chi connectivity index (χ0v) is 15.4. The highest BCUT2D eigenvalue weighted by Crippen LogP contribution is 2.55. The SMILES string of the molecule is CCOC1CC(N(C)C(=O)C(C)CNC)C12CCCCC2.Cl. The van der Waals surface area contributed by atoms with Crippen LogP contribution in [0, 0.1) is 11.3 Å². The average molecular weight is 333 g/mol. The first-order valence-electron chi connectivity index (χ1n) is 8.59. The molecule has 4 nitrogen and oxygen atoms in total. The van der Waals surface area contributed by atoms with Crippen molar-refractivity contribution in [2.75, 3.05) is 27.2 Å². The van der Waals surface area contributed by atoms with E-state index in [2.05, 4.69) is 12.2 Å². The monoisotopic (exact) mass is 332 g/mol. The summed E-state index contributed by atoms with van der Waals surface area (Å²) in [5, 5.41) is 3.11. The van der Waals surface area contributed by atoms with Crippen LogP contribution in [0.5, 0.6) is 0 Å². The molecule has 2 saturated carbocycles. The summed E-state index contributed by atoms with van der Waals surface area (Å²) < 4.78 is 5.99. The summed E-state index contributed by atoms with van der Waals surface area (Å²) in [7, 11) is 3.90. The van der Waals surface area contributed by atoms with E-state index in [-0.39, 0.29) is 29.6 Å². The minimum atomic E-state index is 0. The van der Waals surface area contributed by atoms with Crippen LogP contribution in [-0.2, 0) is 9.53 Å². The quantitative estimate of drug-likeness (QED) is 0.813. The lowest BCUT2D eigenvalue weighted by Crippen LogP contribution is -2.66. The predicted molar refractivity (Wildman–Crippen MR) is 92.4 cm³/mol. The summed E-state index contributed by atoms with van der Waals surface area (Å²) in [5.41, 5.74) is 0.234. The largest absolute Gasteiger partial charge is 0.378 e. The Morgan fingerprint density at radius 3 is 2.55 bits per heavy atom. The van der Waals surface area contributed by atoms with E-state index in [1.165, 1.54) is 32.1 Å². The first kappa shape index (κ1) is 19.7. The molecule has 2 aliphatic rings. The van der Waals surface area contributed by atoms with Gasteiger partial charge in [0.15, 0.2) is 0 Å². The molecule has 3 atom stereocenters. The van der Waals surface area contributed by atoms with Gasteiger partial charge in [-0.15, -0.1) is 12.4 Å². The molecule has 0 heterocycles. The van der Waals surface area contributed by atoms with Crippen LogP contribution in [0.4, 0.5) is 0 Å². The molecule has 1 amide bonds. The Bertz CT molecular complexity index is 359. The van der Waals surface area contributed by atoms with Gasteiger partial charge in [-0.3, -0.25) is 4.79 Å². The molecular weight excluding hydrogens is 300 g/mol. The zero-order chi connectivity index (χ0) is 15.5. The summed E-state index contributed by atoms with van der Waals surface area (Å²) >= 11 is 0. The molecular formula is C17H33ClN2O2. The van der Waals surface area contributed by atoms with Crippen molar-refractivity contribution in [2.45, 2.75) is 64.5 Å². The molecule has 22 heavy (non-hydrogen) atoms. The first-order valence-corrected chi connectivity index (χ1v) is 8.59. The van der Waals surface area contributed by atoms with Crippen LogP contribution in [0.25, 0.3) is 0 Å². The van der Waals surface area contributed by atoms with Crippen molar-refractivity contribution in [1.82, 2.24) is 10.2 Å². The lowest BCUT2D eigenvalue weighted by Gasteiger charge is -2.60. The Morgan fingerprint density at radius 2 is 2.00 bits per heavy atom. The van der Waals surface area contributed by atoms with E-state index in [0.717, 1.165) is 19.6 Å². The third-order valence-corrected chi connectivity index (χ3v) is 5.64. The molecule has 0 bridgehead atoms. The Balaban J connectivity index is 0.00000242. The second kappa shape index (κ2) is 8.51. The molecule has 0 aromatic carbocycles. The number of carbonyl (C=O) groups is 1. The number of ether oxygens (including phenoxy) is 1. The highest BCUT2D eigenvalue weighted by molar-refractivity contribution is 5.85. The third kappa shape index (κ3) is 3.60. The van der Waals surface area contributed by atoms with Gasteiger partial charge in [-0.2, -0.15) is 0 Å². The fourth-order valence-corrected chi connectivity index (χ4v) is 4.47. The summed E-state index contributed by atoms with van der Waals surface area (Å²) in [6.07, 6.45) is 7.73. The number of amides is 1. The topological polar surface area (TPSA) is 41.6 Å². The van der Waals surface area contributed by atoms with Crippen molar-refractivity contribution >= 4 is 18.3 Å². The highest BCUT2D eigenvalue weighted by atomic mass is 35.5. The van der Waals surface area contributed by atoms with Gasteiger partial charge in [0.25, 0.3) is 0 Å². The molecule has 0 saturated heterocycles. The third-order valence-electron chi connectivity index (χ3n) is 5.64. The lowest BCUT2D eigenvalue weighted by molar-refractivity contribution is -0.186. The second-order valence-corrected chi connectivity index (χ2v) is 6.90. The molecule has 0 aromatic rings. The van der Waals surface area contributed by atoms with Gasteiger partial charge in [0.05, 0.1) is 6.10 Å². The number of carbonyl (C=O) groups excluding carboxylic acids is 1. The molecule has 0 aliphatic heterocycles. The Hall–Kier alpha value is -0.320. The van der Waals surface area contributed by atoms with Crippen molar-refractivity contribution in [3.05, 3.63) is 0 Å². The van der Waals surface area contributed by atoms with Gasteiger partial charge in [0, 0.05) is 37.6 Å². The van der Waals surface area contributed by atoms with E-state index in [9.17, 15) is 4.79 Å². The van der Waals surface area contributed by atoms with Crippen LogP contribution in [0.3, 0.4) is 0 Å². The van der Waals surface area contributed by atoms with Crippen molar-refractivity contribution < 1.29 is 9.53 Å².